The van der Waals surface area contributed by atoms with Crippen LogP contribution in [0.4, 0.5) is 0 Å². The zero-order valence-electron chi connectivity index (χ0n) is 6.16. The van der Waals surface area contributed by atoms with Crippen LogP contribution in [0.2, 0.25) is 0 Å². The van der Waals surface area contributed by atoms with Crippen LogP contribution in [0.25, 0.3) is 0 Å². The van der Waals surface area contributed by atoms with Crippen LogP contribution in [-0.4, -0.2) is 5.11 Å². The van der Waals surface area contributed by atoms with Crippen LogP contribution >= 0.6 is 0 Å². The summed E-state index contributed by atoms with van der Waals surface area (Å²) in [6, 6.07) is 4.84. The Balaban J connectivity index is 3.01. The number of phenolic OH excluding ortho intramolecular Hbond substituents is 1. The van der Waals surface area contributed by atoms with Gasteiger partial charge >= 0.3 is 0 Å². The molecule has 11 heavy (non-hydrogen) atoms. The summed E-state index contributed by atoms with van der Waals surface area (Å²) in [4.78, 5) is 0. The van der Waals surface area contributed by atoms with Gasteiger partial charge < -0.3 is 9.84 Å². The topological polar surface area (TPSA) is 29.5 Å². The van der Waals surface area contributed by atoms with Crippen LogP contribution < -0.4 is 4.74 Å². The van der Waals surface area contributed by atoms with Gasteiger partial charge in [0.2, 0.25) is 0 Å². The molecule has 1 N–H and O–H groups in total. The predicted molar refractivity (Wildman–Crippen MR) is 42.3 cm³/mol. The Morgan fingerprint density at radius 3 is 2.73 bits per heavy atom. The highest BCUT2D eigenvalue weighted by Crippen LogP contribution is 2.20. The SMILES string of the molecule is C#COc1cc(C)cc(O)c1. The van der Waals surface area contributed by atoms with E-state index in [1.807, 2.05) is 13.0 Å². The fourth-order valence-corrected chi connectivity index (χ4v) is 0.855. The van der Waals surface area contributed by atoms with Crippen LogP contribution in [0.1, 0.15) is 5.56 Å². The fourth-order valence-electron chi connectivity index (χ4n) is 0.855. The fraction of sp³-hybridized carbons (Fsp3) is 0.111. The third kappa shape index (κ3) is 1.91. The highest BCUT2D eigenvalue weighted by molar-refractivity contribution is 5.37. The maximum Gasteiger partial charge on any atom is 0.144 e. The van der Waals surface area contributed by atoms with Crippen molar-refractivity contribution in [3.63, 3.8) is 0 Å². The molecule has 1 rings (SSSR count). The van der Waals surface area contributed by atoms with Gasteiger partial charge in [0.25, 0.3) is 0 Å². The highest BCUT2D eigenvalue weighted by Gasteiger charge is 1.95. The van der Waals surface area contributed by atoms with E-state index in [1.165, 1.54) is 6.07 Å². The number of phenols is 1. The Bertz CT molecular complexity index is 277. The molecule has 0 unspecified atom stereocenters. The number of aryl methyl sites for hydroxylation is 1. The number of hydrogen-bond donors (Lipinski definition) is 1. The van der Waals surface area contributed by atoms with Gasteiger partial charge in [0, 0.05) is 6.07 Å². The van der Waals surface area contributed by atoms with Crippen molar-refractivity contribution < 1.29 is 9.84 Å². The normalized spacial score (nSPS) is 8.73. The van der Waals surface area contributed by atoms with Crippen LogP contribution in [-0.2, 0) is 0 Å². The molecular formula is C9H8O2. The minimum atomic E-state index is 0.162. The molecule has 0 amide bonds. The van der Waals surface area contributed by atoms with Gasteiger partial charge in [0.05, 0.1) is 0 Å². The molecule has 0 aromatic heterocycles. The van der Waals surface area contributed by atoms with Gasteiger partial charge in [-0.15, -0.1) is 0 Å². The first-order valence-electron chi connectivity index (χ1n) is 3.15. The lowest BCUT2D eigenvalue weighted by Crippen LogP contribution is -1.82. The molecule has 0 aliphatic heterocycles. The van der Waals surface area contributed by atoms with E-state index in [4.69, 9.17) is 16.3 Å². The summed E-state index contributed by atoms with van der Waals surface area (Å²) in [6.07, 6.45) is 6.93. The first-order valence-corrected chi connectivity index (χ1v) is 3.15. The Morgan fingerprint density at radius 1 is 1.45 bits per heavy atom. The highest BCUT2D eigenvalue weighted by atomic mass is 16.5. The second-order valence-electron chi connectivity index (χ2n) is 2.22. The van der Waals surface area contributed by atoms with E-state index in [0.29, 0.717) is 5.75 Å². The Hall–Kier alpha value is -1.62. The largest absolute Gasteiger partial charge is 0.508 e. The molecule has 0 aliphatic rings. The molecule has 0 aliphatic carbocycles. The molecule has 0 spiro atoms. The van der Waals surface area contributed by atoms with Gasteiger partial charge in [-0.2, -0.15) is 0 Å². The summed E-state index contributed by atoms with van der Waals surface area (Å²) in [5.41, 5.74) is 0.912. The minimum absolute atomic E-state index is 0.162. The standard InChI is InChI=1S/C9H8O2/c1-3-11-9-5-7(2)4-8(10)6-9/h1,4-6,10H,2H3. The molecule has 0 atom stereocenters. The van der Waals surface area contributed by atoms with E-state index >= 15 is 0 Å². The molecule has 0 fully saturated rings. The quantitative estimate of drug-likeness (QED) is 0.614. The predicted octanol–water partition coefficient (Wildman–Crippen LogP) is 1.67. The molecule has 0 bridgehead atoms. The van der Waals surface area contributed by atoms with E-state index < -0.39 is 0 Å². The van der Waals surface area contributed by atoms with E-state index in [1.54, 1.807) is 12.1 Å². The molecular weight excluding hydrogens is 140 g/mol. The van der Waals surface area contributed by atoms with Crippen molar-refractivity contribution in [2.24, 2.45) is 0 Å². The van der Waals surface area contributed by atoms with Crippen LogP contribution in [0.15, 0.2) is 18.2 Å². The summed E-state index contributed by atoms with van der Waals surface area (Å²) in [5.74, 6) is 0.653. The number of benzene rings is 1. The number of aromatic hydroxyl groups is 1. The lowest BCUT2D eigenvalue weighted by Gasteiger charge is -1.99. The van der Waals surface area contributed by atoms with Gasteiger partial charge in [-0.05, 0) is 24.6 Å². The Morgan fingerprint density at radius 2 is 2.18 bits per heavy atom. The number of terminal acetylenes is 1. The smallest absolute Gasteiger partial charge is 0.144 e. The summed E-state index contributed by atoms with van der Waals surface area (Å²) < 4.78 is 4.74. The third-order valence-corrected chi connectivity index (χ3v) is 1.21. The van der Waals surface area contributed by atoms with Crippen LogP contribution in [0, 0.1) is 19.5 Å². The van der Waals surface area contributed by atoms with Gasteiger partial charge in [-0.25, -0.2) is 0 Å². The lowest BCUT2D eigenvalue weighted by molar-refractivity contribution is 0.464. The zero-order valence-corrected chi connectivity index (χ0v) is 6.16. The van der Waals surface area contributed by atoms with Crippen molar-refractivity contribution in [2.75, 3.05) is 0 Å². The van der Waals surface area contributed by atoms with Gasteiger partial charge in [0.1, 0.15) is 17.6 Å². The monoisotopic (exact) mass is 148 g/mol. The molecule has 0 saturated heterocycles. The molecule has 2 heteroatoms. The summed E-state index contributed by atoms with van der Waals surface area (Å²) in [7, 11) is 0. The van der Waals surface area contributed by atoms with E-state index in [9.17, 15) is 0 Å². The molecule has 0 heterocycles. The summed E-state index contributed by atoms with van der Waals surface area (Å²) in [5, 5.41) is 9.07. The minimum Gasteiger partial charge on any atom is -0.508 e. The molecule has 0 saturated carbocycles. The maximum atomic E-state index is 9.07. The molecule has 0 radical (unpaired) electrons. The maximum absolute atomic E-state index is 9.07. The third-order valence-electron chi connectivity index (χ3n) is 1.21. The first kappa shape index (κ1) is 7.49. The van der Waals surface area contributed by atoms with E-state index in [-0.39, 0.29) is 5.75 Å². The van der Waals surface area contributed by atoms with Crippen LogP contribution in [0.3, 0.4) is 0 Å². The number of rotatable bonds is 1. The molecule has 1 aromatic carbocycles. The Kier molecular flexibility index (Phi) is 2.03. The van der Waals surface area contributed by atoms with Crippen molar-refractivity contribution in [3.05, 3.63) is 23.8 Å². The number of ether oxygens (including phenoxy) is 1. The second kappa shape index (κ2) is 2.98. The van der Waals surface area contributed by atoms with E-state index in [0.717, 1.165) is 5.56 Å². The summed E-state index contributed by atoms with van der Waals surface area (Å²) in [6.45, 7) is 1.85. The Labute approximate surface area is 65.4 Å². The molecule has 1 aromatic rings. The first-order chi connectivity index (χ1) is 5.22. The second-order valence-corrected chi connectivity index (χ2v) is 2.22. The van der Waals surface area contributed by atoms with E-state index in [2.05, 4.69) is 0 Å². The lowest BCUT2D eigenvalue weighted by atomic mass is 10.2. The van der Waals surface area contributed by atoms with Crippen LogP contribution in [0.5, 0.6) is 11.5 Å². The molecule has 2 nitrogen and oxygen atoms in total. The van der Waals surface area contributed by atoms with Crippen molar-refractivity contribution >= 4 is 0 Å². The van der Waals surface area contributed by atoms with Crippen molar-refractivity contribution in [3.8, 4) is 24.0 Å². The van der Waals surface area contributed by atoms with Gasteiger partial charge in [-0.3, -0.25) is 0 Å². The van der Waals surface area contributed by atoms with Gasteiger partial charge in [0.15, 0.2) is 0 Å². The zero-order chi connectivity index (χ0) is 8.27. The van der Waals surface area contributed by atoms with Gasteiger partial charge in [-0.1, -0.05) is 6.42 Å². The summed E-state index contributed by atoms with van der Waals surface area (Å²) >= 11 is 0. The van der Waals surface area contributed by atoms with Crippen molar-refractivity contribution in [1.82, 2.24) is 0 Å². The van der Waals surface area contributed by atoms with Crippen molar-refractivity contribution in [2.45, 2.75) is 6.92 Å². The number of hydrogen-bond acceptors (Lipinski definition) is 2. The molecule has 56 valence electrons. The van der Waals surface area contributed by atoms with Crippen molar-refractivity contribution in [1.29, 1.82) is 0 Å². The average molecular weight is 148 g/mol. The average Bonchev–Trinajstić information content (AvgIpc) is 1.85.